The Morgan fingerprint density at radius 3 is 1.78 bits per heavy atom. The molecule has 0 saturated heterocycles. The zero-order chi connectivity index (χ0) is 18.6. The number of Topliss-reactive ketones (excluding diaryl/α,β-unsaturated/α-hetero) is 1. The molecular formula is C25H23NO. The first-order valence-corrected chi connectivity index (χ1v) is 9.38. The van der Waals surface area contributed by atoms with Crippen LogP contribution in [0.25, 0.3) is 0 Å². The highest BCUT2D eigenvalue weighted by molar-refractivity contribution is 5.96. The summed E-state index contributed by atoms with van der Waals surface area (Å²) < 4.78 is 0. The maximum atomic E-state index is 12.5. The highest BCUT2D eigenvalue weighted by Gasteiger charge is 2.33. The van der Waals surface area contributed by atoms with Gasteiger partial charge in [0, 0.05) is 18.2 Å². The topological polar surface area (TPSA) is 20.3 Å². The molecule has 0 spiro atoms. The van der Waals surface area contributed by atoms with E-state index in [2.05, 4.69) is 65.6 Å². The smallest absolute Gasteiger partial charge is 0.162 e. The van der Waals surface area contributed by atoms with E-state index >= 15 is 0 Å². The molecule has 3 aromatic carbocycles. The van der Waals surface area contributed by atoms with E-state index in [-0.39, 0.29) is 17.9 Å². The Morgan fingerprint density at radius 2 is 1.26 bits per heavy atom. The highest BCUT2D eigenvalue weighted by Crippen LogP contribution is 2.40. The summed E-state index contributed by atoms with van der Waals surface area (Å²) >= 11 is 0. The first-order chi connectivity index (χ1) is 13.2. The molecule has 27 heavy (non-hydrogen) atoms. The van der Waals surface area contributed by atoms with Crippen molar-refractivity contribution >= 4 is 5.78 Å². The van der Waals surface area contributed by atoms with Crippen molar-refractivity contribution in [2.75, 3.05) is 0 Å². The summed E-state index contributed by atoms with van der Waals surface area (Å²) in [6, 6.07) is 31.5. The number of carbonyl (C=O) groups excluding carboxylic acids is 1. The molecule has 4 rings (SSSR count). The molecule has 0 aromatic heterocycles. The van der Waals surface area contributed by atoms with Crippen molar-refractivity contribution in [1.29, 1.82) is 0 Å². The van der Waals surface area contributed by atoms with Gasteiger partial charge >= 0.3 is 0 Å². The minimum Gasteiger partial charge on any atom is -0.359 e. The maximum absolute atomic E-state index is 12.5. The molecule has 3 aromatic rings. The Balaban J connectivity index is 1.86. The quantitative estimate of drug-likeness (QED) is 0.600. The van der Waals surface area contributed by atoms with Crippen molar-refractivity contribution in [3.63, 3.8) is 0 Å². The summed E-state index contributed by atoms with van der Waals surface area (Å²) in [4.78, 5) is 14.9. The lowest BCUT2D eigenvalue weighted by Gasteiger charge is -2.41. The molecule has 0 radical (unpaired) electrons. The third kappa shape index (κ3) is 3.56. The fourth-order valence-corrected chi connectivity index (χ4v) is 3.85. The summed E-state index contributed by atoms with van der Waals surface area (Å²) in [5.74, 6) is 0.222. The van der Waals surface area contributed by atoms with Crippen LogP contribution in [0.1, 0.15) is 42.1 Å². The zero-order valence-electron chi connectivity index (χ0n) is 15.5. The Labute approximate surface area is 160 Å². The maximum Gasteiger partial charge on any atom is 0.162 e. The molecule has 1 aliphatic heterocycles. The van der Waals surface area contributed by atoms with Gasteiger partial charge in [-0.2, -0.15) is 0 Å². The Hall–Kier alpha value is -3.13. The van der Waals surface area contributed by atoms with E-state index in [1.165, 1.54) is 16.7 Å². The van der Waals surface area contributed by atoms with E-state index in [1.54, 1.807) is 0 Å². The molecular weight excluding hydrogens is 330 g/mol. The summed E-state index contributed by atoms with van der Waals surface area (Å²) in [6.45, 7) is 1.92. The predicted octanol–water partition coefficient (Wildman–Crippen LogP) is 5.70. The van der Waals surface area contributed by atoms with Crippen LogP contribution in [0, 0.1) is 0 Å². The van der Waals surface area contributed by atoms with Crippen LogP contribution in [0.15, 0.2) is 103 Å². The van der Waals surface area contributed by atoms with Gasteiger partial charge in [0.25, 0.3) is 0 Å². The minimum absolute atomic E-state index is 0.0211. The normalized spacial score (nSPS) is 17.1. The second-order valence-electron chi connectivity index (χ2n) is 7.04. The standard InChI is InChI=1S/C25H23NO/c1-19-18-26(23(17-24(19)27)20-11-5-2-6-12-20)25(21-13-7-3-8-14-21)22-15-9-4-10-16-22/h2-16,18,23,25H,17H2,1H3. The second kappa shape index (κ2) is 7.63. The number of nitrogens with zero attached hydrogens (tertiary/aromatic N) is 1. The van der Waals surface area contributed by atoms with Gasteiger partial charge in [0.2, 0.25) is 0 Å². The summed E-state index contributed by atoms with van der Waals surface area (Å²) in [7, 11) is 0. The lowest BCUT2D eigenvalue weighted by atomic mass is 9.88. The minimum atomic E-state index is 0.0211. The van der Waals surface area contributed by atoms with E-state index < -0.39 is 0 Å². The van der Waals surface area contributed by atoms with Crippen molar-refractivity contribution in [2.24, 2.45) is 0 Å². The lowest BCUT2D eigenvalue weighted by molar-refractivity contribution is -0.117. The van der Waals surface area contributed by atoms with Gasteiger partial charge in [-0.05, 0) is 23.6 Å². The van der Waals surface area contributed by atoms with Crippen LogP contribution in [0.3, 0.4) is 0 Å². The van der Waals surface area contributed by atoms with Gasteiger partial charge in [-0.15, -0.1) is 0 Å². The number of carbonyl (C=O) groups is 1. The largest absolute Gasteiger partial charge is 0.359 e. The molecule has 0 aliphatic carbocycles. The zero-order valence-corrected chi connectivity index (χ0v) is 15.5. The molecule has 0 bridgehead atoms. The van der Waals surface area contributed by atoms with Gasteiger partial charge in [0.05, 0.1) is 12.1 Å². The first kappa shape index (κ1) is 17.3. The van der Waals surface area contributed by atoms with Gasteiger partial charge in [-0.1, -0.05) is 91.0 Å². The molecule has 0 fully saturated rings. The Bertz CT molecular complexity index is 892. The van der Waals surface area contributed by atoms with Crippen LogP contribution >= 0.6 is 0 Å². The molecule has 134 valence electrons. The monoisotopic (exact) mass is 353 g/mol. The van der Waals surface area contributed by atoms with Crippen molar-refractivity contribution in [3.8, 4) is 0 Å². The number of benzene rings is 3. The molecule has 2 heteroatoms. The van der Waals surface area contributed by atoms with E-state index in [4.69, 9.17) is 0 Å². The van der Waals surface area contributed by atoms with Gasteiger partial charge in [0.1, 0.15) is 0 Å². The molecule has 1 unspecified atom stereocenters. The Kier molecular flexibility index (Phi) is 4.88. The fraction of sp³-hybridized carbons (Fsp3) is 0.160. The third-order valence-electron chi connectivity index (χ3n) is 5.23. The number of hydrogen-bond acceptors (Lipinski definition) is 2. The predicted molar refractivity (Wildman–Crippen MR) is 109 cm³/mol. The van der Waals surface area contributed by atoms with Crippen molar-refractivity contribution in [3.05, 3.63) is 119 Å². The van der Waals surface area contributed by atoms with Gasteiger partial charge in [-0.3, -0.25) is 4.79 Å². The van der Waals surface area contributed by atoms with Gasteiger partial charge < -0.3 is 4.90 Å². The average molecular weight is 353 g/mol. The van der Waals surface area contributed by atoms with Gasteiger partial charge in [-0.25, -0.2) is 0 Å². The molecule has 1 heterocycles. The van der Waals surface area contributed by atoms with Crippen molar-refractivity contribution < 1.29 is 4.79 Å². The van der Waals surface area contributed by atoms with Crippen LogP contribution in [0.2, 0.25) is 0 Å². The van der Waals surface area contributed by atoms with Crippen LogP contribution in [-0.4, -0.2) is 10.7 Å². The number of hydrogen-bond donors (Lipinski definition) is 0. The lowest BCUT2D eigenvalue weighted by Crippen LogP contribution is -2.34. The van der Waals surface area contributed by atoms with Crippen molar-refractivity contribution in [1.82, 2.24) is 4.90 Å². The second-order valence-corrected chi connectivity index (χ2v) is 7.04. The SMILES string of the molecule is CC1=CN(C(c2ccccc2)c2ccccc2)C(c2ccccc2)CC1=O. The number of ketones is 1. The van der Waals surface area contributed by atoms with Crippen LogP contribution in [0.5, 0.6) is 0 Å². The highest BCUT2D eigenvalue weighted by atomic mass is 16.1. The molecule has 0 N–H and O–H groups in total. The van der Waals surface area contributed by atoms with E-state index in [0.29, 0.717) is 6.42 Å². The summed E-state index contributed by atoms with van der Waals surface area (Å²) in [5, 5.41) is 0. The number of allylic oxidation sites excluding steroid dienone is 1. The van der Waals surface area contributed by atoms with E-state index in [9.17, 15) is 4.79 Å². The fourth-order valence-electron chi connectivity index (χ4n) is 3.85. The van der Waals surface area contributed by atoms with E-state index in [0.717, 1.165) is 5.57 Å². The van der Waals surface area contributed by atoms with Crippen LogP contribution in [-0.2, 0) is 4.79 Å². The van der Waals surface area contributed by atoms with Crippen LogP contribution < -0.4 is 0 Å². The van der Waals surface area contributed by atoms with Gasteiger partial charge in [0.15, 0.2) is 5.78 Å². The average Bonchev–Trinajstić information content (AvgIpc) is 2.73. The van der Waals surface area contributed by atoms with E-state index in [1.807, 2.05) is 43.5 Å². The summed E-state index contributed by atoms with van der Waals surface area (Å²) in [6.07, 6.45) is 2.55. The molecule has 1 aliphatic rings. The van der Waals surface area contributed by atoms with Crippen molar-refractivity contribution in [2.45, 2.75) is 25.4 Å². The van der Waals surface area contributed by atoms with Crippen LogP contribution in [0.4, 0.5) is 0 Å². The molecule has 0 saturated carbocycles. The molecule has 2 nitrogen and oxygen atoms in total. The third-order valence-corrected chi connectivity index (χ3v) is 5.23. The number of rotatable bonds is 4. The molecule has 0 amide bonds. The molecule has 1 atom stereocenters. The Morgan fingerprint density at radius 1 is 0.778 bits per heavy atom. The summed E-state index contributed by atoms with van der Waals surface area (Å²) in [5.41, 5.74) is 4.44. The first-order valence-electron chi connectivity index (χ1n) is 9.38.